The average molecular weight is 674 g/mol. The van der Waals surface area contributed by atoms with Crippen LogP contribution in [0.2, 0.25) is 0 Å². The number of nitrogens with one attached hydrogen (secondary N) is 1. The topological polar surface area (TPSA) is 145 Å². The van der Waals surface area contributed by atoms with Crippen LogP contribution >= 0.6 is 0 Å². The monoisotopic (exact) mass is 674 g/mol. The van der Waals surface area contributed by atoms with Gasteiger partial charge < -0.3 is 10.5 Å². The normalized spacial score (nSPS) is 17.3. The van der Waals surface area contributed by atoms with Crippen LogP contribution in [0.1, 0.15) is 30.2 Å². The molecule has 0 fully saturated rings. The number of pyridine rings is 1. The van der Waals surface area contributed by atoms with Crippen molar-refractivity contribution in [2.24, 2.45) is 8.94 Å². The van der Waals surface area contributed by atoms with Crippen LogP contribution < -0.4 is 43.6 Å². The van der Waals surface area contributed by atoms with Crippen molar-refractivity contribution in [1.29, 1.82) is 0 Å². The van der Waals surface area contributed by atoms with E-state index in [0.29, 0.717) is 27.1 Å². The Balaban J connectivity index is 0.000000252. The number of amides is 1. The number of ether oxygens (including phenoxy) is 2. The molecule has 6 N–H and O–H groups in total. The second kappa shape index (κ2) is 13.8. The van der Waals surface area contributed by atoms with Crippen molar-refractivity contribution < 1.29 is 50.0 Å². The molecule has 218 valence electrons. The van der Waals surface area contributed by atoms with Gasteiger partial charge in [0, 0.05) is 18.3 Å². The SMILES string of the molecule is CCCN=Cc1cc(C)cc(OC)c1N.N[I-]1(O)COc2c1cc(CCNC=O)nc2-c1ccc(F)c(F)c1F. The van der Waals surface area contributed by atoms with Crippen molar-refractivity contribution in [1.82, 2.24) is 10.3 Å². The van der Waals surface area contributed by atoms with Gasteiger partial charge in [-0.2, -0.15) is 0 Å². The van der Waals surface area contributed by atoms with Gasteiger partial charge in [-0.15, -0.1) is 0 Å². The fourth-order valence-electron chi connectivity index (χ4n) is 3.77. The molecular weight excluding hydrogens is 642 g/mol. The number of rotatable bonds is 9. The zero-order valence-electron chi connectivity index (χ0n) is 22.3. The summed E-state index contributed by atoms with van der Waals surface area (Å²) in [6.45, 7) is 5.19. The van der Waals surface area contributed by atoms with Crippen molar-refractivity contribution in [3.05, 3.63) is 68.2 Å². The molecule has 1 atom stereocenters. The fourth-order valence-corrected chi connectivity index (χ4v) is 7.05. The van der Waals surface area contributed by atoms with Gasteiger partial charge in [0.2, 0.25) is 0 Å². The van der Waals surface area contributed by atoms with E-state index in [9.17, 15) is 21.4 Å². The third-order valence-corrected chi connectivity index (χ3v) is 9.79. The molecule has 0 radical (unpaired) electrons. The molecule has 0 bridgehead atoms. The zero-order chi connectivity index (χ0) is 29.4. The number of nitrogen functional groups attached to an aromatic ring is 1. The Kier molecular flexibility index (Phi) is 10.7. The summed E-state index contributed by atoms with van der Waals surface area (Å²) in [7, 11) is 1.62. The van der Waals surface area contributed by atoms with E-state index in [2.05, 4.69) is 22.2 Å². The number of anilines is 1. The van der Waals surface area contributed by atoms with Gasteiger partial charge in [-0.3, -0.25) is 4.99 Å². The number of carbonyl (C=O) groups excluding carboxylic acids is 1. The minimum absolute atomic E-state index is 0.0556. The Morgan fingerprint density at radius 1 is 1.25 bits per heavy atom. The van der Waals surface area contributed by atoms with Crippen molar-refractivity contribution >= 4 is 18.3 Å². The molecule has 1 unspecified atom stereocenters. The molecule has 0 saturated carbocycles. The molecule has 2 heterocycles. The van der Waals surface area contributed by atoms with E-state index in [1.807, 2.05) is 25.3 Å². The third-order valence-electron chi connectivity index (χ3n) is 5.72. The molecule has 0 spiro atoms. The quantitative estimate of drug-likeness (QED) is 0.0375. The van der Waals surface area contributed by atoms with Crippen LogP contribution in [0.25, 0.3) is 11.3 Å². The molecule has 1 amide bonds. The van der Waals surface area contributed by atoms with E-state index in [0.717, 1.165) is 36.2 Å². The molecule has 3 aromatic rings. The minimum atomic E-state index is -3.85. The maximum atomic E-state index is 14.2. The molecule has 1 aromatic heterocycles. The first-order chi connectivity index (χ1) is 19.0. The second-order valence-electron chi connectivity index (χ2n) is 8.78. The number of halogens is 4. The molecule has 0 saturated heterocycles. The molecule has 4 rings (SSSR count). The van der Waals surface area contributed by atoms with Crippen LogP contribution in [0.15, 0.2) is 35.3 Å². The van der Waals surface area contributed by atoms with Crippen LogP contribution in [0.3, 0.4) is 0 Å². The van der Waals surface area contributed by atoms with Gasteiger partial charge in [0.05, 0.1) is 12.8 Å². The summed E-state index contributed by atoms with van der Waals surface area (Å²) < 4.78 is 68.1. The van der Waals surface area contributed by atoms with Crippen LogP contribution in [0.5, 0.6) is 11.5 Å². The number of benzene rings is 2. The number of hydrogen-bond donors (Lipinski definition) is 4. The Morgan fingerprint density at radius 2 is 2.00 bits per heavy atom. The van der Waals surface area contributed by atoms with Crippen molar-refractivity contribution in [3.63, 3.8) is 0 Å². The summed E-state index contributed by atoms with van der Waals surface area (Å²) in [6, 6.07) is 7.32. The Labute approximate surface area is 235 Å². The standard InChI is InChI=1S/C15H14F3IN3O3.C12H18N2O/c16-10-2-1-9(12(17)13(10)18)14-15-11(19(20,24)6-25-15)5-8(22-14)3-4-21-7-23;1-4-5-14-8-10-6-9(2)7-11(15-3)12(10)13/h1-2,5,7,24H,3-4,6,20H2,(H,21,23);6-8H,4-5,13H2,1-3H3/q-1;. The van der Waals surface area contributed by atoms with Gasteiger partial charge in [-0.1, -0.05) is 6.92 Å². The average Bonchev–Trinajstić information content (AvgIpc) is 3.23. The van der Waals surface area contributed by atoms with Gasteiger partial charge in [-0.05, 0) is 31.0 Å². The summed E-state index contributed by atoms with van der Waals surface area (Å²) >= 11 is -3.85. The molecule has 0 aliphatic carbocycles. The number of fused-ring (bicyclic) bond motifs is 1. The number of carbonyl (C=O) groups is 1. The van der Waals surface area contributed by atoms with Crippen LogP contribution in [-0.2, 0) is 11.2 Å². The first kappa shape index (κ1) is 31.1. The fraction of sp³-hybridized carbons (Fsp3) is 0.296. The van der Waals surface area contributed by atoms with Crippen molar-refractivity contribution in [3.8, 4) is 22.8 Å². The van der Waals surface area contributed by atoms with Gasteiger partial charge in [-0.25, -0.2) is 0 Å². The van der Waals surface area contributed by atoms with E-state index in [4.69, 9.17) is 19.2 Å². The number of aromatic nitrogens is 1. The summed E-state index contributed by atoms with van der Waals surface area (Å²) in [4.78, 5) is 18.9. The number of methoxy groups -OCH3 is 1. The predicted molar refractivity (Wildman–Crippen MR) is 143 cm³/mol. The van der Waals surface area contributed by atoms with Gasteiger partial charge in [0.25, 0.3) is 0 Å². The van der Waals surface area contributed by atoms with E-state index >= 15 is 0 Å². The van der Waals surface area contributed by atoms with Gasteiger partial charge >= 0.3 is 145 Å². The maximum absolute atomic E-state index is 14.2. The Hall–Kier alpha value is -3.43. The molecule has 9 nitrogen and oxygen atoms in total. The Bertz CT molecular complexity index is 1410. The Morgan fingerprint density at radius 3 is 2.67 bits per heavy atom. The summed E-state index contributed by atoms with van der Waals surface area (Å²) in [5, 5.41) is 2.46. The van der Waals surface area contributed by atoms with Crippen LogP contribution in [-0.4, -0.2) is 45.9 Å². The molecule has 13 heteroatoms. The van der Waals surface area contributed by atoms with Crippen LogP contribution in [0.4, 0.5) is 18.9 Å². The molecule has 1 aliphatic heterocycles. The second-order valence-corrected chi connectivity index (χ2v) is 14.5. The van der Waals surface area contributed by atoms with E-state index in [-0.39, 0.29) is 34.6 Å². The van der Waals surface area contributed by atoms with Gasteiger partial charge in [0.1, 0.15) is 5.75 Å². The van der Waals surface area contributed by atoms with E-state index in [1.54, 1.807) is 13.2 Å². The van der Waals surface area contributed by atoms with Crippen LogP contribution in [0, 0.1) is 27.9 Å². The van der Waals surface area contributed by atoms with Gasteiger partial charge in [0.15, 0.2) is 0 Å². The number of aryl methyl sites for hydroxylation is 1. The number of nitrogens with two attached hydrogens (primary N) is 2. The molecule has 40 heavy (non-hydrogen) atoms. The first-order valence-corrected chi connectivity index (χ1v) is 17.0. The molecule has 1 aliphatic rings. The number of alkyl halides is 1. The first-order valence-electron chi connectivity index (χ1n) is 12.2. The summed E-state index contributed by atoms with van der Waals surface area (Å²) in [6.07, 6.45) is 3.65. The number of nitrogens with zero attached hydrogens (tertiary/aromatic N) is 2. The number of hydrogen-bond acceptors (Lipinski definition) is 8. The zero-order valence-corrected chi connectivity index (χ0v) is 24.5. The predicted octanol–water partition coefficient (Wildman–Crippen LogP) is 0.330. The molecular formula is C27H32F3IN5O4-. The van der Waals surface area contributed by atoms with Crippen molar-refractivity contribution in [2.75, 3.05) is 30.5 Å². The molecule has 2 aromatic carbocycles. The van der Waals surface area contributed by atoms with E-state index in [1.165, 1.54) is 0 Å². The summed E-state index contributed by atoms with van der Waals surface area (Å²) in [5.41, 5.74) is 8.70. The summed E-state index contributed by atoms with van der Waals surface area (Å²) in [5.74, 6) is -3.55. The van der Waals surface area contributed by atoms with E-state index < -0.39 is 36.6 Å². The third kappa shape index (κ3) is 7.20. The van der Waals surface area contributed by atoms with Crippen molar-refractivity contribution in [2.45, 2.75) is 26.7 Å². The number of aliphatic imine (C=N–C) groups is 1.